The summed E-state index contributed by atoms with van der Waals surface area (Å²) in [7, 11) is 0. The van der Waals surface area contributed by atoms with Crippen molar-refractivity contribution in [3.8, 4) is 11.1 Å². The van der Waals surface area contributed by atoms with Crippen molar-refractivity contribution >= 4 is 16.8 Å². The molecule has 5 rings (SSSR count). The molecule has 0 spiro atoms. The van der Waals surface area contributed by atoms with E-state index in [1.165, 1.54) is 57.9 Å². The van der Waals surface area contributed by atoms with Crippen molar-refractivity contribution in [2.45, 2.75) is 32.6 Å². The molecule has 0 amide bonds. The van der Waals surface area contributed by atoms with Gasteiger partial charge in [-0.05, 0) is 76.8 Å². The third-order valence-corrected chi connectivity index (χ3v) is 5.45. The van der Waals surface area contributed by atoms with Gasteiger partial charge in [0.05, 0.1) is 0 Å². The van der Waals surface area contributed by atoms with Gasteiger partial charge in [0.2, 0.25) is 0 Å². The molecule has 3 aromatic rings. The van der Waals surface area contributed by atoms with E-state index < -0.39 is 0 Å². The lowest BCUT2D eigenvalue weighted by Gasteiger charge is -2.16. The molecular weight excluding hydrogens is 276 g/mol. The van der Waals surface area contributed by atoms with Gasteiger partial charge >= 0.3 is 0 Å². The van der Waals surface area contributed by atoms with E-state index in [2.05, 4.69) is 61.5 Å². The number of rotatable bonds is 1. The molecule has 3 aromatic carbocycles. The fourth-order valence-electron chi connectivity index (χ4n) is 4.48. The quantitative estimate of drug-likeness (QED) is 0.520. The number of hydrogen-bond acceptors (Lipinski definition) is 0. The zero-order valence-electron chi connectivity index (χ0n) is 13.5. The van der Waals surface area contributed by atoms with E-state index in [1.807, 2.05) is 0 Å². The van der Waals surface area contributed by atoms with Gasteiger partial charge in [0.15, 0.2) is 0 Å². The van der Waals surface area contributed by atoms with Crippen LogP contribution >= 0.6 is 0 Å². The topological polar surface area (TPSA) is 0 Å². The van der Waals surface area contributed by atoms with Crippen molar-refractivity contribution < 1.29 is 0 Å². The maximum absolute atomic E-state index is 2.49. The van der Waals surface area contributed by atoms with Gasteiger partial charge in [-0.2, -0.15) is 0 Å². The van der Waals surface area contributed by atoms with E-state index in [0.29, 0.717) is 0 Å². The van der Waals surface area contributed by atoms with Crippen LogP contribution in [0.4, 0.5) is 0 Å². The third kappa shape index (κ3) is 1.91. The summed E-state index contributed by atoms with van der Waals surface area (Å²) in [4.78, 5) is 0. The van der Waals surface area contributed by atoms with Crippen molar-refractivity contribution in [3.63, 3.8) is 0 Å². The van der Waals surface area contributed by atoms with Crippen LogP contribution in [0.25, 0.3) is 28.0 Å². The highest BCUT2D eigenvalue weighted by Gasteiger charge is 2.24. The highest BCUT2D eigenvalue weighted by molar-refractivity contribution is 6.00. The molecule has 23 heavy (non-hydrogen) atoms. The van der Waals surface area contributed by atoms with Crippen molar-refractivity contribution in [1.29, 1.82) is 0 Å². The van der Waals surface area contributed by atoms with Gasteiger partial charge in [-0.3, -0.25) is 0 Å². The molecule has 2 aliphatic carbocycles. The number of fused-ring (bicyclic) bond motifs is 3. The molecule has 0 saturated heterocycles. The molecule has 0 fully saturated rings. The minimum atomic E-state index is 1.13. The Morgan fingerprint density at radius 3 is 2.70 bits per heavy atom. The number of hydrogen-bond donors (Lipinski definition) is 0. The Bertz CT molecular complexity index is 967. The standard InChI is InChI=1S/C23H20/c1-15-12-18-14-17-8-5-10-20(17)23(22(18)13-15)21-11-4-7-16-6-2-3-9-19(16)21/h2-4,6-7,9,11,13-14H,5,8,10,12H2,1H3. The van der Waals surface area contributed by atoms with Crippen LogP contribution in [0.15, 0.2) is 54.1 Å². The second kappa shape index (κ2) is 4.83. The predicted octanol–water partition coefficient (Wildman–Crippen LogP) is 5.95. The van der Waals surface area contributed by atoms with Crippen LogP contribution in [-0.4, -0.2) is 0 Å². The van der Waals surface area contributed by atoms with Gasteiger partial charge in [0, 0.05) is 0 Å². The summed E-state index contributed by atoms with van der Waals surface area (Å²) < 4.78 is 0. The first kappa shape index (κ1) is 13.1. The Kier molecular flexibility index (Phi) is 2.76. The van der Waals surface area contributed by atoms with Gasteiger partial charge in [-0.15, -0.1) is 0 Å². The smallest absolute Gasteiger partial charge is 0.00603 e. The minimum absolute atomic E-state index is 1.13. The summed E-state index contributed by atoms with van der Waals surface area (Å²) >= 11 is 0. The highest BCUT2D eigenvalue weighted by atomic mass is 14.3. The van der Waals surface area contributed by atoms with E-state index in [0.717, 1.165) is 6.42 Å². The minimum Gasteiger partial charge on any atom is -0.0683 e. The van der Waals surface area contributed by atoms with Gasteiger partial charge < -0.3 is 0 Å². The van der Waals surface area contributed by atoms with E-state index in [-0.39, 0.29) is 0 Å². The lowest BCUT2D eigenvalue weighted by molar-refractivity contribution is 0.912. The first-order chi connectivity index (χ1) is 11.3. The maximum atomic E-state index is 2.49. The fraction of sp³-hybridized carbons (Fsp3) is 0.217. The van der Waals surface area contributed by atoms with Gasteiger partial charge in [0.25, 0.3) is 0 Å². The number of benzene rings is 3. The second-order valence-corrected chi connectivity index (χ2v) is 7.01. The molecule has 0 radical (unpaired) electrons. The molecule has 0 atom stereocenters. The molecule has 0 heteroatoms. The fourth-order valence-corrected chi connectivity index (χ4v) is 4.48. The Hall–Kier alpha value is -2.34. The normalized spacial score (nSPS) is 15.6. The van der Waals surface area contributed by atoms with Crippen molar-refractivity contribution in [3.05, 3.63) is 76.4 Å². The van der Waals surface area contributed by atoms with E-state index in [1.54, 1.807) is 11.1 Å². The summed E-state index contributed by atoms with van der Waals surface area (Å²) in [5.41, 5.74) is 10.6. The third-order valence-electron chi connectivity index (χ3n) is 5.45. The van der Waals surface area contributed by atoms with Crippen LogP contribution in [0.5, 0.6) is 0 Å². The van der Waals surface area contributed by atoms with E-state index >= 15 is 0 Å². The lowest BCUT2D eigenvalue weighted by atomic mass is 9.87. The number of aryl methyl sites for hydroxylation is 1. The average Bonchev–Trinajstić information content (AvgIpc) is 3.17. The molecule has 112 valence electrons. The predicted molar refractivity (Wildman–Crippen MR) is 98.8 cm³/mol. The van der Waals surface area contributed by atoms with Crippen LogP contribution < -0.4 is 0 Å². The zero-order valence-corrected chi connectivity index (χ0v) is 13.5. The molecular formula is C23H20. The monoisotopic (exact) mass is 296 g/mol. The van der Waals surface area contributed by atoms with Crippen LogP contribution in [-0.2, 0) is 19.3 Å². The average molecular weight is 296 g/mol. The summed E-state index contributed by atoms with van der Waals surface area (Å²) in [6.45, 7) is 2.26. The van der Waals surface area contributed by atoms with Gasteiger partial charge in [-0.25, -0.2) is 0 Å². The summed E-state index contributed by atoms with van der Waals surface area (Å²) in [5.74, 6) is 0. The highest BCUT2D eigenvalue weighted by Crippen LogP contribution is 2.43. The van der Waals surface area contributed by atoms with Gasteiger partial charge in [-0.1, -0.05) is 60.2 Å². The van der Waals surface area contributed by atoms with Crippen molar-refractivity contribution in [2.75, 3.05) is 0 Å². The van der Waals surface area contributed by atoms with Crippen LogP contribution in [0.1, 0.15) is 35.6 Å². The molecule has 0 bridgehead atoms. The summed E-state index contributed by atoms with van der Waals surface area (Å²) in [6, 6.07) is 18.0. The van der Waals surface area contributed by atoms with Crippen molar-refractivity contribution in [1.82, 2.24) is 0 Å². The SMILES string of the molecule is CC1=Cc2c(cc3c(c2-c2cccc4ccccc24)CCC3)C1. The van der Waals surface area contributed by atoms with Crippen LogP contribution in [0.3, 0.4) is 0 Å². The Morgan fingerprint density at radius 2 is 1.74 bits per heavy atom. The molecule has 2 aliphatic rings. The molecule has 0 unspecified atom stereocenters. The first-order valence-electron chi connectivity index (χ1n) is 8.64. The Labute approximate surface area is 137 Å². The zero-order chi connectivity index (χ0) is 15.4. The van der Waals surface area contributed by atoms with E-state index in [4.69, 9.17) is 0 Å². The molecule has 0 aromatic heterocycles. The molecule has 0 nitrogen and oxygen atoms in total. The number of allylic oxidation sites excluding steroid dienone is 1. The Morgan fingerprint density at radius 1 is 0.870 bits per heavy atom. The molecule has 0 heterocycles. The second-order valence-electron chi connectivity index (χ2n) is 7.01. The maximum Gasteiger partial charge on any atom is -0.00603 e. The summed E-state index contributed by atoms with van der Waals surface area (Å²) in [5, 5.41) is 2.73. The first-order valence-corrected chi connectivity index (χ1v) is 8.64. The molecule has 0 N–H and O–H groups in total. The van der Waals surface area contributed by atoms with E-state index in [9.17, 15) is 0 Å². The van der Waals surface area contributed by atoms with Crippen molar-refractivity contribution in [2.24, 2.45) is 0 Å². The van der Waals surface area contributed by atoms with Gasteiger partial charge in [0.1, 0.15) is 0 Å². The molecule has 0 aliphatic heterocycles. The lowest BCUT2D eigenvalue weighted by Crippen LogP contribution is -1.96. The van der Waals surface area contributed by atoms with Crippen LogP contribution in [0.2, 0.25) is 0 Å². The summed E-state index contributed by atoms with van der Waals surface area (Å²) in [6.07, 6.45) is 7.33. The largest absolute Gasteiger partial charge is 0.0683 e. The Balaban J connectivity index is 1.90. The molecule has 0 saturated carbocycles. The van der Waals surface area contributed by atoms with Crippen LogP contribution in [0, 0.1) is 0 Å².